The topological polar surface area (TPSA) is 78.1 Å². The minimum absolute atomic E-state index is 0.0183. The number of para-hydroxylation sites is 1. The van der Waals surface area contributed by atoms with Gasteiger partial charge in [-0.3, -0.25) is 9.59 Å². The maximum absolute atomic E-state index is 12.5. The standard InChI is InChI=1S/C22H26N4O2S2/c1-26(15-6-3-2-4-7-15)12-11-23-19(27)10-13-29-14-18-24-21(28)20-16-8-5-9-17(16)30-22(20)25-18/h2-4,6-7H,5,8-14H2,1H3,(H,23,27)(H,24,25,28). The number of carbonyl (C=O) groups excluding carboxylic acids is 1. The Kier molecular flexibility index (Phi) is 6.74. The summed E-state index contributed by atoms with van der Waals surface area (Å²) in [6.45, 7) is 1.38. The Hall–Kier alpha value is -2.32. The van der Waals surface area contributed by atoms with E-state index in [2.05, 4.69) is 32.3 Å². The van der Waals surface area contributed by atoms with Crippen LogP contribution in [0.25, 0.3) is 10.2 Å². The highest BCUT2D eigenvalue weighted by molar-refractivity contribution is 7.98. The van der Waals surface area contributed by atoms with Crippen LogP contribution in [-0.2, 0) is 23.4 Å². The van der Waals surface area contributed by atoms with Crippen molar-refractivity contribution in [1.82, 2.24) is 15.3 Å². The van der Waals surface area contributed by atoms with Gasteiger partial charge in [0.25, 0.3) is 5.56 Å². The van der Waals surface area contributed by atoms with Gasteiger partial charge in [0.1, 0.15) is 10.7 Å². The number of hydrogen-bond donors (Lipinski definition) is 2. The molecule has 2 heterocycles. The molecule has 0 atom stereocenters. The minimum atomic E-state index is -0.0183. The SMILES string of the molecule is CN(CCNC(=O)CCSCc1nc2sc3c(c2c(=O)[nH]1)CCC3)c1ccccc1. The molecule has 30 heavy (non-hydrogen) atoms. The molecule has 0 spiro atoms. The number of anilines is 1. The number of nitrogens with one attached hydrogen (secondary N) is 2. The summed E-state index contributed by atoms with van der Waals surface area (Å²) in [5.41, 5.74) is 2.32. The predicted molar refractivity (Wildman–Crippen MR) is 126 cm³/mol. The fraction of sp³-hybridized carbons (Fsp3) is 0.409. The Bertz CT molecular complexity index is 1080. The lowest BCUT2D eigenvalue weighted by Crippen LogP contribution is -2.33. The number of amides is 1. The van der Waals surface area contributed by atoms with Crippen LogP contribution >= 0.6 is 23.1 Å². The van der Waals surface area contributed by atoms with Gasteiger partial charge in [-0.05, 0) is 37.0 Å². The summed E-state index contributed by atoms with van der Waals surface area (Å²) in [6.07, 6.45) is 3.65. The molecule has 0 saturated heterocycles. The Labute approximate surface area is 184 Å². The van der Waals surface area contributed by atoms with Crippen molar-refractivity contribution in [2.45, 2.75) is 31.4 Å². The summed E-state index contributed by atoms with van der Waals surface area (Å²) in [7, 11) is 2.02. The largest absolute Gasteiger partial charge is 0.373 e. The molecule has 2 N–H and O–H groups in total. The molecule has 8 heteroatoms. The predicted octanol–water partition coefficient (Wildman–Crippen LogP) is 3.35. The lowest BCUT2D eigenvalue weighted by atomic mass is 10.2. The van der Waals surface area contributed by atoms with E-state index >= 15 is 0 Å². The summed E-state index contributed by atoms with van der Waals surface area (Å²) >= 11 is 3.28. The number of thioether (sulfide) groups is 1. The maximum Gasteiger partial charge on any atom is 0.259 e. The van der Waals surface area contributed by atoms with E-state index in [0.29, 0.717) is 30.3 Å². The van der Waals surface area contributed by atoms with E-state index in [9.17, 15) is 9.59 Å². The number of rotatable bonds is 9. The van der Waals surface area contributed by atoms with E-state index in [1.807, 2.05) is 25.2 Å². The number of carbonyl (C=O) groups is 1. The molecule has 1 aliphatic rings. The number of aryl methyl sites for hydroxylation is 2. The molecule has 0 unspecified atom stereocenters. The summed E-state index contributed by atoms with van der Waals surface area (Å²) in [5, 5.41) is 3.76. The van der Waals surface area contributed by atoms with Crippen molar-refractivity contribution in [3.05, 3.63) is 57.0 Å². The van der Waals surface area contributed by atoms with Gasteiger partial charge in [0.15, 0.2) is 0 Å². The molecule has 3 aromatic rings. The molecule has 0 aliphatic heterocycles. The van der Waals surface area contributed by atoms with Gasteiger partial charge in [-0.2, -0.15) is 11.8 Å². The number of fused-ring (bicyclic) bond motifs is 3. The van der Waals surface area contributed by atoms with Crippen molar-refractivity contribution < 1.29 is 4.79 Å². The van der Waals surface area contributed by atoms with Crippen molar-refractivity contribution in [2.75, 3.05) is 30.8 Å². The monoisotopic (exact) mass is 442 g/mol. The van der Waals surface area contributed by atoms with Crippen LogP contribution in [0.15, 0.2) is 35.1 Å². The summed E-state index contributed by atoms with van der Waals surface area (Å²) < 4.78 is 0. The molecule has 0 saturated carbocycles. The van der Waals surface area contributed by atoms with Gasteiger partial charge in [0.2, 0.25) is 5.91 Å². The Morgan fingerprint density at radius 1 is 1.30 bits per heavy atom. The highest BCUT2D eigenvalue weighted by atomic mass is 32.2. The third-order valence-corrected chi connectivity index (χ3v) is 7.46. The molecule has 0 bridgehead atoms. The number of likely N-dealkylation sites (N-methyl/N-ethyl adjacent to an activating group) is 1. The highest BCUT2D eigenvalue weighted by Crippen LogP contribution is 2.34. The van der Waals surface area contributed by atoms with Gasteiger partial charge in [-0.1, -0.05) is 18.2 Å². The van der Waals surface area contributed by atoms with E-state index in [-0.39, 0.29) is 11.5 Å². The first-order valence-corrected chi connectivity index (χ1v) is 12.2. The lowest BCUT2D eigenvalue weighted by molar-refractivity contribution is -0.120. The normalized spacial score (nSPS) is 12.8. The Balaban J connectivity index is 1.19. The van der Waals surface area contributed by atoms with Crippen molar-refractivity contribution in [3.63, 3.8) is 0 Å². The average Bonchev–Trinajstić information content (AvgIpc) is 3.32. The number of aromatic amines is 1. The number of aromatic nitrogens is 2. The number of hydrogen-bond acceptors (Lipinski definition) is 6. The van der Waals surface area contributed by atoms with E-state index in [1.165, 1.54) is 10.4 Å². The Morgan fingerprint density at radius 3 is 2.97 bits per heavy atom. The van der Waals surface area contributed by atoms with E-state index in [1.54, 1.807) is 23.1 Å². The summed E-state index contributed by atoms with van der Waals surface area (Å²) in [4.78, 5) is 36.4. The van der Waals surface area contributed by atoms with Crippen molar-refractivity contribution in [2.24, 2.45) is 0 Å². The molecule has 0 radical (unpaired) electrons. The van der Waals surface area contributed by atoms with Crippen LogP contribution in [0.2, 0.25) is 0 Å². The quantitative estimate of drug-likeness (QED) is 0.497. The minimum Gasteiger partial charge on any atom is -0.373 e. The number of nitrogens with zero attached hydrogens (tertiary/aromatic N) is 2. The molecule has 4 rings (SSSR count). The molecule has 1 aliphatic carbocycles. The first-order valence-electron chi connectivity index (χ1n) is 10.3. The molecule has 1 amide bonds. The summed E-state index contributed by atoms with van der Waals surface area (Å²) in [6, 6.07) is 10.1. The zero-order chi connectivity index (χ0) is 20.9. The van der Waals surface area contributed by atoms with Crippen LogP contribution in [0, 0.1) is 0 Å². The van der Waals surface area contributed by atoms with Crippen molar-refractivity contribution >= 4 is 44.9 Å². The second-order valence-electron chi connectivity index (χ2n) is 7.46. The van der Waals surface area contributed by atoms with Gasteiger partial charge in [0.05, 0.1) is 11.1 Å². The van der Waals surface area contributed by atoms with Crippen LogP contribution in [0.4, 0.5) is 5.69 Å². The van der Waals surface area contributed by atoms with Gasteiger partial charge in [0, 0.05) is 42.9 Å². The fourth-order valence-corrected chi connectivity index (χ4v) is 5.80. The maximum atomic E-state index is 12.5. The molecular formula is C22H26N4O2S2. The summed E-state index contributed by atoms with van der Waals surface area (Å²) in [5.74, 6) is 2.05. The second kappa shape index (κ2) is 9.66. The average molecular weight is 443 g/mol. The smallest absolute Gasteiger partial charge is 0.259 e. The van der Waals surface area contributed by atoms with Crippen molar-refractivity contribution in [1.29, 1.82) is 0 Å². The molecule has 2 aromatic heterocycles. The van der Waals surface area contributed by atoms with Crippen LogP contribution < -0.4 is 15.8 Å². The van der Waals surface area contributed by atoms with E-state index < -0.39 is 0 Å². The molecule has 6 nitrogen and oxygen atoms in total. The van der Waals surface area contributed by atoms with Gasteiger partial charge < -0.3 is 15.2 Å². The number of H-pyrrole nitrogens is 1. The highest BCUT2D eigenvalue weighted by Gasteiger charge is 2.21. The number of thiophene rings is 1. The molecule has 0 fully saturated rings. The van der Waals surface area contributed by atoms with Gasteiger partial charge >= 0.3 is 0 Å². The van der Waals surface area contributed by atoms with Crippen molar-refractivity contribution in [3.8, 4) is 0 Å². The molecule has 158 valence electrons. The lowest BCUT2D eigenvalue weighted by Gasteiger charge is -2.19. The zero-order valence-corrected chi connectivity index (χ0v) is 18.7. The van der Waals surface area contributed by atoms with Crippen LogP contribution in [0.1, 0.15) is 29.1 Å². The third-order valence-electron chi connectivity index (χ3n) is 5.30. The molecular weight excluding hydrogens is 416 g/mol. The first kappa shape index (κ1) is 20.9. The first-order chi connectivity index (χ1) is 14.6. The van der Waals surface area contributed by atoms with Crippen LogP contribution in [0.5, 0.6) is 0 Å². The van der Waals surface area contributed by atoms with E-state index in [4.69, 9.17) is 0 Å². The fourth-order valence-electron chi connectivity index (χ4n) is 3.71. The molecule has 1 aromatic carbocycles. The number of benzene rings is 1. The van der Waals surface area contributed by atoms with Gasteiger partial charge in [-0.15, -0.1) is 11.3 Å². The van der Waals surface area contributed by atoms with E-state index in [0.717, 1.165) is 41.7 Å². The third kappa shape index (κ3) is 4.87. The zero-order valence-electron chi connectivity index (χ0n) is 17.1. The van der Waals surface area contributed by atoms with Crippen LogP contribution in [0.3, 0.4) is 0 Å². The Morgan fingerprint density at radius 2 is 2.13 bits per heavy atom. The van der Waals surface area contributed by atoms with Gasteiger partial charge in [-0.25, -0.2) is 4.98 Å². The second-order valence-corrected chi connectivity index (χ2v) is 9.65. The van der Waals surface area contributed by atoms with Crippen LogP contribution in [-0.4, -0.2) is 41.8 Å².